The number of fused-ring (bicyclic) bond motifs is 2. The van der Waals surface area contributed by atoms with Gasteiger partial charge in [0, 0.05) is 28.9 Å². The van der Waals surface area contributed by atoms with Gasteiger partial charge in [-0.05, 0) is 67.1 Å². The summed E-state index contributed by atoms with van der Waals surface area (Å²) in [6.07, 6.45) is 7.24. The van der Waals surface area contributed by atoms with Crippen molar-refractivity contribution in [3.8, 4) is 0 Å². The van der Waals surface area contributed by atoms with Gasteiger partial charge in [0.25, 0.3) is 0 Å². The number of benzene rings is 1. The van der Waals surface area contributed by atoms with Crippen molar-refractivity contribution in [1.82, 2.24) is 4.90 Å². The van der Waals surface area contributed by atoms with E-state index in [0.29, 0.717) is 0 Å². The van der Waals surface area contributed by atoms with E-state index in [9.17, 15) is 4.79 Å². The van der Waals surface area contributed by atoms with Gasteiger partial charge in [-0.15, -0.1) is 11.3 Å². The van der Waals surface area contributed by atoms with Crippen molar-refractivity contribution < 1.29 is 9.90 Å². The predicted molar refractivity (Wildman–Crippen MR) is 108 cm³/mol. The van der Waals surface area contributed by atoms with Crippen LogP contribution in [0.3, 0.4) is 0 Å². The van der Waals surface area contributed by atoms with Crippen LogP contribution in [0.15, 0.2) is 42.0 Å². The van der Waals surface area contributed by atoms with Crippen molar-refractivity contribution in [1.29, 1.82) is 0 Å². The van der Waals surface area contributed by atoms with Crippen LogP contribution < -0.4 is 0 Å². The minimum atomic E-state index is -0.896. The first kappa shape index (κ1) is 17.3. The number of hydrogen-bond donors (Lipinski definition) is 1. The number of aryl methyl sites for hydroxylation is 2. The lowest BCUT2D eigenvalue weighted by molar-refractivity contribution is -0.131. The van der Waals surface area contributed by atoms with E-state index in [2.05, 4.69) is 42.3 Å². The lowest BCUT2D eigenvalue weighted by atomic mass is 9.87. The molecule has 2 heterocycles. The first-order valence-corrected chi connectivity index (χ1v) is 9.96. The minimum absolute atomic E-state index is 0.896. The van der Waals surface area contributed by atoms with Gasteiger partial charge < -0.3 is 10.0 Å². The molecule has 1 N–H and O–H groups in total. The average Bonchev–Trinajstić information content (AvgIpc) is 2.97. The van der Waals surface area contributed by atoms with Crippen LogP contribution in [0.1, 0.15) is 39.3 Å². The smallest absolute Gasteiger partial charge is 0.328 e. The highest BCUT2D eigenvalue weighted by Crippen LogP contribution is 2.41. The molecule has 1 aliphatic heterocycles. The van der Waals surface area contributed by atoms with Crippen molar-refractivity contribution in [2.45, 2.75) is 25.7 Å². The average molecular weight is 365 g/mol. The molecule has 0 radical (unpaired) electrons. The molecule has 4 heteroatoms. The van der Waals surface area contributed by atoms with Gasteiger partial charge in [0.2, 0.25) is 0 Å². The lowest BCUT2D eigenvalue weighted by Crippen LogP contribution is -2.27. The SMILES string of the molecule is CN1CCC(=C2c3ccccc3CCc3sc(/C=C/C(=O)O)cc32)CC1. The number of likely N-dealkylation sites (tertiary alicyclic amines) is 1. The van der Waals surface area contributed by atoms with Gasteiger partial charge >= 0.3 is 5.97 Å². The molecule has 26 heavy (non-hydrogen) atoms. The highest BCUT2D eigenvalue weighted by Gasteiger charge is 2.24. The number of carboxylic acids is 1. The van der Waals surface area contributed by atoms with E-state index in [0.717, 1.165) is 43.6 Å². The number of nitrogens with zero attached hydrogens (tertiary/aromatic N) is 1. The molecule has 0 spiro atoms. The quantitative estimate of drug-likeness (QED) is 0.798. The van der Waals surface area contributed by atoms with Crippen molar-refractivity contribution in [2.24, 2.45) is 0 Å². The summed E-state index contributed by atoms with van der Waals surface area (Å²) in [4.78, 5) is 15.7. The normalized spacial score (nSPS) is 17.9. The topological polar surface area (TPSA) is 40.5 Å². The maximum Gasteiger partial charge on any atom is 0.328 e. The summed E-state index contributed by atoms with van der Waals surface area (Å²) in [5.74, 6) is -0.896. The van der Waals surface area contributed by atoms with Crippen LogP contribution in [0.25, 0.3) is 11.6 Å². The second-order valence-electron chi connectivity index (χ2n) is 7.10. The Morgan fingerprint density at radius 3 is 2.65 bits per heavy atom. The summed E-state index contributed by atoms with van der Waals surface area (Å²) < 4.78 is 0. The standard InChI is InChI=1S/C22H23NO2S/c1-23-12-10-16(11-13-23)22-18-5-3-2-4-15(18)6-8-20-19(22)14-17(26-20)7-9-21(24)25/h2-5,7,9,14H,6,8,10-13H2,1H3,(H,24,25)/b9-7+. The van der Waals surface area contributed by atoms with Gasteiger partial charge in [0.15, 0.2) is 0 Å². The molecule has 2 aromatic rings. The van der Waals surface area contributed by atoms with Crippen LogP contribution in [-0.2, 0) is 17.6 Å². The molecule has 2 aliphatic rings. The number of carbonyl (C=O) groups is 1. The van der Waals surface area contributed by atoms with Crippen LogP contribution in [0.5, 0.6) is 0 Å². The number of rotatable bonds is 2. The molecular formula is C22H23NO2S. The molecule has 1 saturated heterocycles. The largest absolute Gasteiger partial charge is 0.478 e. The number of thiophene rings is 1. The molecule has 3 nitrogen and oxygen atoms in total. The van der Waals surface area contributed by atoms with Crippen molar-refractivity contribution in [2.75, 3.05) is 20.1 Å². The maximum absolute atomic E-state index is 10.9. The zero-order chi connectivity index (χ0) is 18.1. The maximum atomic E-state index is 10.9. The Balaban J connectivity index is 1.86. The van der Waals surface area contributed by atoms with E-state index < -0.39 is 5.97 Å². The second-order valence-corrected chi connectivity index (χ2v) is 8.26. The molecule has 0 bridgehead atoms. The molecule has 1 aromatic heterocycles. The Morgan fingerprint density at radius 2 is 1.88 bits per heavy atom. The van der Waals surface area contributed by atoms with E-state index in [-0.39, 0.29) is 0 Å². The first-order chi connectivity index (χ1) is 12.6. The van der Waals surface area contributed by atoms with Gasteiger partial charge in [0.05, 0.1) is 0 Å². The summed E-state index contributed by atoms with van der Waals surface area (Å²) >= 11 is 1.73. The van der Waals surface area contributed by atoms with Crippen LogP contribution in [0.2, 0.25) is 0 Å². The van der Waals surface area contributed by atoms with Gasteiger partial charge in [-0.25, -0.2) is 4.79 Å². The minimum Gasteiger partial charge on any atom is -0.478 e. The van der Waals surface area contributed by atoms with Crippen LogP contribution in [0, 0.1) is 0 Å². The Bertz CT molecular complexity index is 897. The summed E-state index contributed by atoms with van der Waals surface area (Å²) in [5, 5.41) is 8.94. The third kappa shape index (κ3) is 3.39. The van der Waals surface area contributed by atoms with Gasteiger partial charge in [-0.2, -0.15) is 0 Å². The van der Waals surface area contributed by atoms with Crippen LogP contribution in [0.4, 0.5) is 0 Å². The van der Waals surface area contributed by atoms with Crippen molar-refractivity contribution in [3.63, 3.8) is 0 Å². The van der Waals surface area contributed by atoms with E-state index in [1.54, 1.807) is 23.0 Å². The second kappa shape index (κ2) is 7.22. The zero-order valence-electron chi connectivity index (χ0n) is 15.0. The molecule has 0 unspecified atom stereocenters. The highest BCUT2D eigenvalue weighted by atomic mass is 32.1. The fraction of sp³-hybridized carbons (Fsp3) is 0.318. The number of aliphatic carboxylic acids is 1. The Kier molecular flexibility index (Phi) is 4.79. The highest BCUT2D eigenvalue weighted by molar-refractivity contribution is 7.13. The lowest BCUT2D eigenvalue weighted by Gasteiger charge is -2.27. The number of carboxylic acid groups (broad SMARTS) is 1. The van der Waals surface area contributed by atoms with Crippen molar-refractivity contribution >= 4 is 29.0 Å². The molecule has 0 amide bonds. The first-order valence-electron chi connectivity index (χ1n) is 9.15. The van der Waals surface area contributed by atoms with Crippen molar-refractivity contribution in [3.05, 3.63) is 68.4 Å². The van der Waals surface area contributed by atoms with E-state index in [1.807, 2.05) is 0 Å². The Morgan fingerprint density at radius 1 is 1.12 bits per heavy atom. The third-order valence-electron chi connectivity index (χ3n) is 5.34. The van der Waals surface area contributed by atoms with Crippen LogP contribution in [-0.4, -0.2) is 36.1 Å². The molecule has 0 atom stereocenters. The van der Waals surface area contributed by atoms with Gasteiger partial charge in [-0.1, -0.05) is 29.8 Å². The number of piperidine rings is 1. The fourth-order valence-electron chi connectivity index (χ4n) is 3.98. The van der Waals surface area contributed by atoms with E-state index >= 15 is 0 Å². The molecule has 134 valence electrons. The molecule has 4 rings (SSSR count). The van der Waals surface area contributed by atoms with E-state index in [4.69, 9.17) is 5.11 Å². The summed E-state index contributed by atoms with van der Waals surface area (Å²) in [6.45, 7) is 2.21. The molecule has 0 saturated carbocycles. The fourth-order valence-corrected chi connectivity index (χ4v) is 5.05. The number of hydrogen-bond acceptors (Lipinski definition) is 3. The molecular weight excluding hydrogens is 342 g/mol. The Labute approximate surface area is 158 Å². The van der Waals surface area contributed by atoms with Gasteiger partial charge in [0.1, 0.15) is 0 Å². The summed E-state index contributed by atoms with van der Waals surface area (Å²) in [7, 11) is 2.19. The Hall–Kier alpha value is -2.17. The molecule has 1 aromatic carbocycles. The summed E-state index contributed by atoms with van der Waals surface area (Å²) in [5.41, 5.74) is 7.08. The molecule has 1 fully saturated rings. The van der Waals surface area contributed by atoms with E-state index in [1.165, 1.54) is 33.2 Å². The van der Waals surface area contributed by atoms with Crippen LogP contribution >= 0.6 is 11.3 Å². The predicted octanol–water partition coefficient (Wildman–Crippen LogP) is 4.47. The summed E-state index contributed by atoms with van der Waals surface area (Å²) in [6, 6.07) is 11.0. The third-order valence-corrected chi connectivity index (χ3v) is 6.50. The zero-order valence-corrected chi connectivity index (χ0v) is 15.8. The van der Waals surface area contributed by atoms with Gasteiger partial charge in [-0.3, -0.25) is 0 Å². The monoisotopic (exact) mass is 365 g/mol. The molecule has 1 aliphatic carbocycles.